The molecule has 84 valence electrons. The first-order chi connectivity index (χ1) is 6.52. The van der Waals surface area contributed by atoms with Crippen LogP contribution in [0.2, 0.25) is 0 Å². The topological polar surface area (TPSA) is 58.4 Å². The van der Waals surface area contributed by atoms with Crippen LogP contribution in [0.3, 0.4) is 0 Å². The van der Waals surface area contributed by atoms with Crippen LogP contribution in [0.15, 0.2) is 0 Å². The number of rotatable bonds is 6. The zero-order chi connectivity index (χ0) is 11.1. The second kappa shape index (κ2) is 6.79. The molecule has 0 aliphatic carbocycles. The van der Waals surface area contributed by atoms with Crippen LogP contribution >= 0.6 is 0 Å². The van der Waals surface area contributed by atoms with Crippen LogP contribution in [0.1, 0.15) is 40.0 Å². The molecule has 0 radical (unpaired) electrons. The van der Waals surface area contributed by atoms with Crippen molar-refractivity contribution in [1.29, 1.82) is 0 Å². The van der Waals surface area contributed by atoms with Crippen molar-refractivity contribution in [2.24, 2.45) is 5.84 Å². The summed E-state index contributed by atoms with van der Waals surface area (Å²) < 4.78 is 0. The summed E-state index contributed by atoms with van der Waals surface area (Å²) in [6, 6.07) is 0.751. The zero-order valence-electron chi connectivity index (χ0n) is 9.71. The lowest BCUT2D eigenvalue weighted by molar-refractivity contribution is -0.122. The molecule has 0 aliphatic heterocycles. The van der Waals surface area contributed by atoms with Gasteiger partial charge in [-0.15, -0.1) is 0 Å². The molecular formula is C10H23N3O. The lowest BCUT2D eigenvalue weighted by Crippen LogP contribution is -2.41. The Labute approximate surface area is 86.8 Å². The van der Waals surface area contributed by atoms with Gasteiger partial charge in [0.25, 0.3) is 0 Å². The highest BCUT2D eigenvalue weighted by molar-refractivity contribution is 5.75. The van der Waals surface area contributed by atoms with Crippen molar-refractivity contribution < 1.29 is 4.79 Å². The quantitative estimate of drug-likeness (QED) is 0.381. The first-order valence-electron chi connectivity index (χ1n) is 5.24. The third-order valence-corrected chi connectivity index (χ3v) is 2.74. The number of nitrogens with two attached hydrogens (primary N) is 1. The minimum absolute atomic E-state index is 0.104. The molecule has 14 heavy (non-hydrogen) atoms. The Morgan fingerprint density at radius 2 is 2.00 bits per heavy atom. The maximum atomic E-state index is 11.0. The van der Waals surface area contributed by atoms with Crippen LogP contribution in [-0.4, -0.2) is 29.9 Å². The van der Waals surface area contributed by atoms with Gasteiger partial charge in [-0.1, -0.05) is 13.3 Å². The van der Waals surface area contributed by atoms with Crippen molar-refractivity contribution in [3.8, 4) is 0 Å². The summed E-state index contributed by atoms with van der Waals surface area (Å²) in [5.41, 5.74) is 2.16. The van der Waals surface area contributed by atoms with E-state index < -0.39 is 0 Å². The fourth-order valence-electron chi connectivity index (χ4n) is 1.53. The number of hydrazine groups is 1. The van der Waals surface area contributed by atoms with Crippen molar-refractivity contribution in [3.05, 3.63) is 0 Å². The van der Waals surface area contributed by atoms with E-state index in [0.717, 1.165) is 6.42 Å². The molecule has 0 bridgehead atoms. The summed E-state index contributed by atoms with van der Waals surface area (Å²) >= 11 is 0. The van der Waals surface area contributed by atoms with Gasteiger partial charge in [0.2, 0.25) is 5.91 Å². The van der Waals surface area contributed by atoms with Crippen LogP contribution in [0.25, 0.3) is 0 Å². The van der Waals surface area contributed by atoms with E-state index in [0.29, 0.717) is 12.5 Å². The first-order valence-corrected chi connectivity index (χ1v) is 5.24. The number of hydrogen-bond donors (Lipinski definition) is 2. The summed E-state index contributed by atoms with van der Waals surface area (Å²) in [5, 5.41) is 0. The summed E-state index contributed by atoms with van der Waals surface area (Å²) in [5.74, 6) is 4.93. The van der Waals surface area contributed by atoms with E-state index in [-0.39, 0.29) is 11.9 Å². The molecule has 0 aromatic carbocycles. The van der Waals surface area contributed by atoms with Gasteiger partial charge in [0.1, 0.15) is 0 Å². The highest BCUT2D eigenvalue weighted by Crippen LogP contribution is 2.10. The van der Waals surface area contributed by atoms with Crippen molar-refractivity contribution >= 4 is 5.91 Å². The van der Waals surface area contributed by atoms with Crippen molar-refractivity contribution in [2.75, 3.05) is 7.05 Å². The largest absolute Gasteiger partial charge is 0.301 e. The van der Waals surface area contributed by atoms with Gasteiger partial charge < -0.3 is 4.90 Å². The van der Waals surface area contributed by atoms with E-state index in [2.05, 4.69) is 31.2 Å². The van der Waals surface area contributed by atoms with Gasteiger partial charge in [-0.25, -0.2) is 5.84 Å². The van der Waals surface area contributed by atoms with Gasteiger partial charge in [-0.2, -0.15) is 0 Å². The lowest BCUT2D eigenvalue weighted by atomic mass is 10.1. The van der Waals surface area contributed by atoms with Crippen molar-refractivity contribution in [1.82, 2.24) is 10.3 Å². The van der Waals surface area contributed by atoms with Gasteiger partial charge in [0.05, 0.1) is 0 Å². The average molecular weight is 201 g/mol. The molecule has 4 heteroatoms. The van der Waals surface area contributed by atoms with Crippen LogP contribution < -0.4 is 11.3 Å². The Bertz CT molecular complexity index is 173. The molecule has 0 rings (SSSR count). The number of nitrogens with one attached hydrogen (secondary N) is 1. The van der Waals surface area contributed by atoms with Crippen LogP contribution in [0, 0.1) is 0 Å². The molecule has 2 atom stereocenters. The van der Waals surface area contributed by atoms with Gasteiger partial charge >= 0.3 is 0 Å². The molecule has 0 aliphatic rings. The molecule has 0 saturated carbocycles. The van der Waals surface area contributed by atoms with E-state index in [1.54, 1.807) is 0 Å². The van der Waals surface area contributed by atoms with E-state index in [1.165, 1.54) is 6.42 Å². The average Bonchev–Trinajstić information content (AvgIpc) is 2.16. The molecule has 0 fully saturated rings. The van der Waals surface area contributed by atoms with Gasteiger partial charge in [-0.05, 0) is 27.3 Å². The number of hydrogen-bond acceptors (Lipinski definition) is 3. The third-order valence-electron chi connectivity index (χ3n) is 2.74. The molecule has 3 N–H and O–H groups in total. The number of nitrogens with zero attached hydrogens (tertiary/aromatic N) is 1. The number of carbonyl (C=O) groups excluding carboxylic acids is 1. The Morgan fingerprint density at radius 3 is 2.43 bits per heavy atom. The van der Waals surface area contributed by atoms with Crippen molar-refractivity contribution in [2.45, 2.75) is 52.1 Å². The van der Waals surface area contributed by atoms with Crippen LogP contribution in [0.4, 0.5) is 0 Å². The fraction of sp³-hybridized carbons (Fsp3) is 0.900. The Hall–Kier alpha value is -0.610. The molecule has 1 amide bonds. The summed E-state index contributed by atoms with van der Waals surface area (Å²) in [4.78, 5) is 13.3. The van der Waals surface area contributed by atoms with Crippen LogP contribution in [-0.2, 0) is 4.79 Å². The fourth-order valence-corrected chi connectivity index (χ4v) is 1.53. The van der Waals surface area contributed by atoms with E-state index >= 15 is 0 Å². The van der Waals surface area contributed by atoms with Gasteiger partial charge in [0, 0.05) is 18.5 Å². The number of carbonyl (C=O) groups is 1. The Kier molecular flexibility index (Phi) is 6.49. The highest BCUT2D eigenvalue weighted by Gasteiger charge is 2.17. The molecule has 0 heterocycles. The molecule has 0 saturated heterocycles. The molecule has 0 aromatic heterocycles. The Morgan fingerprint density at radius 1 is 1.43 bits per heavy atom. The summed E-state index contributed by atoms with van der Waals surface area (Å²) in [6.45, 7) is 6.39. The monoisotopic (exact) mass is 201 g/mol. The zero-order valence-corrected chi connectivity index (χ0v) is 9.71. The Balaban J connectivity index is 3.97. The predicted molar refractivity (Wildman–Crippen MR) is 58.5 cm³/mol. The van der Waals surface area contributed by atoms with Crippen molar-refractivity contribution in [3.63, 3.8) is 0 Å². The maximum absolute atomic E-state index is 11.0. The highest BCUT2D eigenvalue weighted by atomic mass is 16.2. The minimum Gasteiger partial charge on any atom is -0.301 e. The minimum atomic E-state index is -0.104. The normalized spacial score (nSPS) is 15.3. The smallest absolute Gasteiger partial charge is 0.235 e. The van der Waals surface area contributed by atoms with Gasteiger partial charge in [0.15, 0.2) is 0 Å². The number of amides is 1. The van der Waals surface area contributed by atoms with Crippen LogP contribution in [0.5, 0.6) is 0 Å². The summed E-state index contributed by atoms with van der Waals surface area (Å²) in [6.07, 6.45) is 2.79. The molecule has 0 aromatic rings. The molecule has 0 spiro atoms. The predicted octanol–water partition coefficient (Wildman–Crippen LogP) is 0.875. The lowest BCUT2D eigenvalue weighted by Gasteiger charge is -2.30. The first kappa shape index (κ1) is 13.4. The second-order valence-electron chi connectivity index (χ2n) is 3.92. The standard InChI is InChI=1S/C10H23N3O/c1-5-6-8(2)13(4)9(3)7-10(14)12-11/h8-9H,5-7,11H2,1-4H3,(H,12,14). The van der Waals surface area contributed by atoms with E-state index in [4.69, 9.17) is 5.84 Å². The molecular weight excluding hydrogens is 178 g/mol. The van der Waals surface area contributed by atoms with E-state index in [1.807, 2.05) is 6.92 Å². The van der Waals surface area contributed by atoms with Gasteiger partial charge in [-0.3, -0.25) is 10.2 Å². The SMILES string of the molecule is CCCC(C)N(C)C(C)CC(=O)NN. The summed E-state index contributed by atoms with van der Waals surface area (Å²) in [7, 11) is 2.05. The maximum Gasteiger partial charge on any atom is 0.235 e. The molecule has 4 nitrogen and oxygen atoms in total. The second-order valence-corrected chi connectivity index (χ2v) is 3.92. The third kappa shape index (κ3) is 4.58. The van der Waals surface area contributed by atoms with E-state index in [9.17, 15) is 4.79 Å². The molecule has 2 unspecified atom stereocenters.